The van der Waals surface area contributed by atoms with Crippen molar-refractivity contribution in [3.8, 4) is 0 Å². The van der Waals surface area contributed by atoms with Crippen molar-refractivity contribution in [2.75, 3.05) is 36.0 Å². The third kappa shape index (κ3) is 3.77. The Labute approximate surface area is 200 Å². The number of hydrogen-bond acceptors (Lipinski definition) is 4. The number of benzene rings is 3. The summed E-state index contributed by atoms with van der Waals surface area (Å²) in [5.41, 5.74) is 7.32. The zero-order valence-corrected chi connectivity index (χ0v) is 19.9. The quantitative estimate of drug-likeness (QED) is 0.539. The SMILES string of the molecule is Cc1ccc(C2=C(N3CCN(c4cccc(C)c4C)CC3)C(=O)N(c3ccccc3)C2=O)cc1. The van der Waals surface area contributed by atoms with E-state index in [4.69, 9.17) is 0 Å². The summed E-state index contributed by atoms with van der Waals surface area (Å²) in [5, 5.41) is 0. The number of anilines is 2. The van der Waals surface area contributed by atoms with Crippen LogP contribution >= 0.6 is 0 Å². The predicted molar refractivity (Wildman–Crippen MR) is 137 cm³/mol. The van der Waals surface area contributed by atoms with Gasteiger partial charge in [-0.25, -0.2) is 4.90 Å². The van der Waals surface area contributed by atoms with Gasteiger partial charge in [0.15, 0.2) is 0 Å². The minimum Gasteiger partial charge on any atom is -0.368 e. The molecule has 0 radical (unpaired) electrons. The summed E-state index contributed by atoms with van der Waals surface area (Å²) in [6.45, 7) is 9.26. The monoisotopic (exact) mass is 451 g/mol. The maximum atomic E-state index is 13.7. The van der Waals surface area contributed by atoms with Crippen LogP contribution in [0.25, 0.3) is 5.57 Å². The second-order valence-electron chi connectivity index (χ2n) is 9.06. The molecule has 5 heteroatoms. The summed E-state index contributed by atoms with van der Waals surface area (Å²) in [4.78, 5) is 33.1. The summed E-state index contributed by atoms with van der Waals surface area (Å²) in [5.74, 6) is -0.501. The molecule has 3 aromatic rings. The van der Waals surface area contributed by atoms with E-state index in [1.54, 1.807) is 0 Å². The Morgan fingerprint density at radius 1 is 0.647 bits per heavy atom. The lowest BCUT2D eigenvalue weighted by Gasteiger charge is -2.38. The number of nitrogens with zero attached hydrogens (tertiary/aromatic N) is 3. The number of para-hydroxylation sites is 1. The van der Waals surface area contributed by atoms with Gasteiger partial charge in [0, 0.05) is 31.9 Å². The fourth-order valence-corrected chi connectivity index (χ4v) is 4.85. The Hall–Kier alpha value is -3.86. The van der Waals surface area contributed by atoms with E-state index in [9.17, 15) is 9.59 Å². The Morgan fingerprint density at radius 3 is 1.97 bits per heavy atom. The van der Waals surface area contributed by atoms with Gasteiger partial charge < -0.3 is 9.80 Å². The Kier molecular flexibility index (Phi) is 5.70. The van der Waals surface area contributed by atoms with Gasteiger partial charge >= 0.3 is 0 Å². The van der Waals surface area contributed by atoms with Crippen molar-refractivity contribution >= 4 is 28.8 Å². The van der Waals surface area contributed by atoms with E-state index in [0.717, 1.165) is 24.2 Å². The Morgan fingerprint density at radius 2 is 1.29 bits per heavy atom. The molecule has 34 heavy (non-hydrogen) atoms. The van der Waals surface area contributed by atoms with Crippen LogP contribution in [0.1, 0.15) is 22.3 Å². The van der Waals surface area contributed by atoms with Crippen LogP contribution in [0, 0.1) is 20.8 Å². The average molecular weight is 452 g/mol. The zero-order chi connectivity index (χ0) is 23.8. The summed E-state index contributed by atoms with van der Waals surface area (Å²) < 4.78 is 0. The number of aryl methyl sites for hydroxylation is 2. The molecule has 1 saturated heterocycles. The number of carbonyl (C=O) groups excluding carboxylic acids is 2. The fourth-order valence-electron chi connectivity index (χ4n) is 4.85. The molecule has 3 aromatic carbocycles. The fraction of sp³-hybridized carbons (Fsp3) is 0.241. The second kappa shape index (κ2) is 8.82. The highest BCUT2D eigenvalue weighted by molar-refractivity contribution is 6.45. The largest absolute Gasteiger partial charge is 0.368 e. The smallest absolute Gasteiger partial charge is 0.282 e. The first kappa shape index (κ1) is 22.0. The molecule has 2 aliphatic rings. The van der Waals surface area contributed by atoms with Crippen LogP contribution in [-0.2, 0) is 9.59 Å². The van der Waals surface area contributed by atoms with Crippen LogP contribution in [0.15, 0.2) is 78.5 Å². The van der Waals surface area contributed by atoms with E-state index >= 15 is 0 Å². The van der Waals surface area contributed by atoms with E-state index in [1.165, 1.54) is 21.7 Å². The molecule has 0 atom stereocenters. The first-order valence-corrected chi connectivity index (χ1v) is 11.8. The number of imide groups is 1. The van der Waals surface area contributed by atoms with Crippen LogP contribution in [0.5, 0.6) is 0 Å². The lowest BCUT2D eigenvalue weighted by molar-refractivity contribution is -0.120. The van der Waals surface area contributed by atoms with E-state index in [0.29, 0.717) is 30.0 Å². The normalized spacial score (nSPS) is 16.6. The van der Waals surface area contributed by atoms with Crippen LogP contribution in [0.2, 0.25) is 0 Å². The summed E-state index contributed by atoms with van der Waals surface area (Å²) in [7, 11) is 0. The standard InChI is InChI=1S/C29H29N3O2/c1-20-12-14-23(15-13-20)26-27(29(34)32(28(26)33)24-9-5-4-6-10-24)31-18-16-30(17-19-31)25-11-7-8-21(2)22(25)3/h4-15H,16-19H2,1-3H3. The van der Waals surface area contributed by atoms with E-state index in [1.807, 2.05) is 61.5 Å². The van der Waals surface area contributed by atoms with Crippen molar-refractivity contribution in [2.24, 2.45) is 0 Å². The molecule has 2 amide bonds. The van der Waals surface area contributed by atoms with Crippen LogP contribution in [0.4, 0.5) is 11.4 Å². The van der Waals surface area contributed by atoms with Crippen molar-refractivity contribution < 1.29 is 9.59 Å². The van der Waals surface area contributed by atoms with Gasteiger partial charge in [0.2, 0.25) is 0 Å². The lowest BCUT2D eigenvalue weighted by atomic mass is 10.0. The van der Waals surface area contributed by atoms with Gasteiger partial charge in [-0.15, -0.1) is 0 Å². The number of piperazine rings is 1. The lowest BCUT2D eigenvalue weighted by Crippen LogP contribution is -2.48. The average Bonchev–Trinajstić information content (AvgIpc) is 3.12. The van der Waals surface area contributed by atoms with Gasteiger partial charge in [0.05, 0.1) is 11.3 Å². The molecule has 172 valence electrons. The highest BCUT2D eigenvalue weighted by atomic mass is 16.2. The van der Waals surface area contributed by atoms with Gasteiger partial charge in [-0.3, -0.25) is 9.59 Å². The van der Waals surface area contributed by atoms with Gasteiger partial charge in [0.25, 0.3) is 11.8 Å². The van der Waals surface area contributed by atoms with Gasteiger partial charge in [-0.1, -0.05) is 60.2 Å². The maximum absolute atomic E-state index is 13.7. The number of rotatable bonds is 4. The summed E-state index contributed by atoms with van der Waals surface area (Å²) in [6, 6.07) is 23.5. The van der Waals surface area contributed by atoms with Crippen LogP contribution in [0.3, 0.4) is 0 Å². The molecule has 0 aliphatic carbocycles. The second-order valence-corrected chi connectivity index (χ2v) is 9.06. The van der Waals surface area contributed by atoms with Crippen molar-refractivity contribution in [3.63, 3.8) is 0 Å². The van der Waals surface area contributed by atoms with Crippen molar-refractivity contribution in [1.82, 2.24) is 4.90 Å². The van der Waals surface area contributed by atoms with Crippen LogP contribution in [-0.4, -0.2) is 42.9 Å². The summed E-state index contributed by atoms with van der Waals surface area (Å²) >= 11 is 0. The number of carbonyl (C=O) groups is 2. The molecule has 5 nitrogen and oxygen atoms in total. The zero-order valence-electron chi connectivity index (χ0n) is 19.9. The molecular formula is C29H29N3O2. The molecule has 0 bridgehead atoms. The highest BCUT2D eigenvalue weighted by Gasteiger charge is 2.43. The molecule has 0 spiro atoms. The molecular weight excluding hydrogens is 422 g/mol. The van der Waals surface area contributed by atoms with Gasteiger partial charge in [-0.05, 0) is 55.7 Å². The topological polar surface area (TPSA) is 43.9 Å². The highest BCUT2D eigenvalue weighted by Crippen LogP contribution is 2.35. The van der Waals surface area contributed by atoms with Gasteiger partial charge in [0.1, 0.15) is 5.70 Å². The van der Waals surface area contributed by atoms with E-state index < -0.39 is 0 Å². The Balaban J connectivity index is 1.49. The minimum atomic E-state index is -0.257. The molecule has 0 saturated carbocycles. The maximum Gasteiger partial charge on any atom is 0.282 e. The van der Waals surface area contributed by atoms with E-state index in [-0.39, 0.29) is 11.8 Å². The first-order chi connectivity index (χ1) is 16.5. The number of hydrogen-bond donors (Lipinski definition) is 0. The third-order valence-electron chi connectivity index (χ3n) is 6.93. The molecule has 2 aliphatic heterocycles. The Bertz CT molecular complexity index is 1270. The van der Waals surface area contributed by atoms with Crippen molar-refractivity contribution in [3.05, 3.63) is 101 Å². The molecule has 0 N–H and O–H groups in total. The summed E-state index contributed by atoms with van der Waals surface area (Å²) in [6.07, 6.45) is 0. The molecule has 5 rings (SSSR count). The predicted octanol–water partition coefficient (Wildman–Crippen LogP) is 4.72. The van der Waals surface area contributed by atoms with Crippen molar-refractivity contribution in [2.45, 2.75) is 20.8 Å². The minimum absolute atomic E-state index is 0.244. The molecule has 1 fully saturated rings. The van der Waals surface area contributed by atoms with Crippen molar-refractivity contribution in [1.29, 1.82) is 0 Å². The molecule has 0 aromatic heterocycles. The van der Waals surface area contributed by atoms with Gasteiger partial charge in [-0.2, -0.15) is 0 Å². The third-order valence-corrected chi connectivity index (χ3v) is 6.93. The van der Waals surface area contributed by atoms with Crippen LogP contribution < -0.4 is 9.80 Å². The van der Waals surface area contributed by atoms with E-state index in [2.05, 4.69) is 41.8 Å². The number of amides is 2. The molecule has 0 unspecified atom stereocenters. The molecule has 2 heterocycles. The first-order valence-electron chi connectivity index (χ1n) is 11.8.